The molecule has 0 aromatic carbocycles. The lowest BCUT2D eigenvalue weighted by Gasteiger charge is -2.32. The van der Waals surface area contributed by atoms with Crippen molar-refractivity contribution in [1.29, 1.82) is 0 Å². The van der Waals surface area contributed by atoms with Crippen LogP contribution in [0.15, 0.2) is 18.5 Å². The summed E-state index contributed by atoms with van der Waals surface area (Å²) in [5.74, 6) is 1.57. The molecule has 1 heterocycles. The molecule has 0 spiro atoms. The highest BCUT2D eigenvalue weighted by molar-refractivity contribution is 5.28. The van der Waals surface area contributed by atoms with E-state index in [-0.39, 0.29) is 6.10 Å². The largest absolute Gasteiger partial charge is 0.489 e. The molecule has 20 heavy (non-hydrogen) atoms. The normalized spacial score (nSPS) is 12.5. The Hall–Kier alpha value is -1.09. The first kappa shape index (κ1) is 17.0. The zero-order valence-corrected chi connectivity index (χ0v) is 13.7. The topological polar surface area (TPSA) is 42.4 Å². The molecule has 0 atom stereocenters. The van der Waals surface area contributed by atoms with E-state index < -0.39 is 5.60 Å². The van der Waals surface area contributed by atoms with Crippen molar-refractivity contribution in [1.82, 2.24) is 4.98 Å². The van der Waals surface area contributed by atoms with Gasteiger partial charge in [-0.25, -0.2) is 0 Å². The van der Waals surface area contributed by atoms with E-state index in [4.69, 9.17) is 4.74 Å². The van der Waals surface area contributed by atoms with Gasteiger partial charge in [-0.1, -0.05) is 27.7 Å². The quantitative estimate of drug-likeness (QED) is 0.815. The van der Waals surface area contributed by atoms with Crippen molar-refractivity contribution in [2.75, 3.05) is 0 Å². The maximum Gasteiger partial charge on any atom is 0.138 e. The average molecular weight is 279 g/mol. The number of aliphatic hydroxyl groups is 1. The second-order valence-electron chi connectivity index (χ2n) is 6.80. The van der Waals surface area contributed by atoms with E-state index in [0.29, 0.717) is 11.8 Å². The average Bonchev–Trinajstić information content (AvgIpc) is 2.26. The number of hydrogen-bond acceptors (Lipinski definition) is 3. The summed E-state index contributed by atoms with van der Waals surface area (Å²) in [6.07, 6.45) is 5.04. The van der Waals surface area contributed by atoms with Gasteiger partial charge in [0.25, 0.3) is 0 Å². The maximum atomic E-state index is 11.1. The molecule has 1 aromatic rings. The Bertz CT molecular complexity index is 403. The SMILES string of the molecule is CC(C)CC(O)(CC(C)C)c1cncc(OC(C)C)c1. The molecule has 0 saturated heterocycles. The van der Waals surface area contributed by atoms with Crippen LogP contribution in [0.1, 0.15) is 59.9 Å². The molecule has 0 unspecified atom stereocenters. The third-order valence-electron chi connectivity index (χ3n) is 3.11. The summed E-state index contributed by atoms with van der Waals surface area (Å²) in [7, 11) is 0. The fourth-order valence-corrected chi connectivity index (χ4v) is 2.68. The van der Waals surface area contributed by atoms with Gasteiger partial charge < -0.3 is 9.84 Å². The molecule has 1 rings (SSSR count). The Kier molecular flexibility index (Phi) is 6.00. The predicted molar refractivity (Wildman–Crippen MR) is 82.8 cm³/mol. The lowest BCUT2D eigenvalue weighted by molar-refractivity contribution is -0.00508. The summed E-state index contributed by atoms with van der Waals surface area (Å²) in [5, 5.41) is 11.1. The van der Waals surface area contributed by atoms with Crippen molar-refractivity contribution in [3.05, 3.63) is 24.0 Å². The number of aromatic nitrogens is 1. The maximum absolute atomic E-state index is 11.1. The van der Waals surface area contributed by atoms with E-state index in [0.717, 1.165) is 24.2 Å². The summed E-state index contributed by atoms with van der Waals surface area (Å²) in [4.78, 5) is 4.23. The van der Waals surface area contributed by atoms with Gasteiger partial charge in [0.05, 0.1) is 17.9 Å². The van der Waals surface area contributed by atoms with Crippen LogP contribution in [0.3, 0.4) is 0 Å². The van der Waals surface area contributed by atoms with Crippen molar-refractivity contribution in [2.45, 2.75) is 66.1 Å². The van der Waals surface area contributed by atoms with Crippen LogP contribution in [-0.2, 0) is 5.60 Å². The number of ether oxygens (including phenoxy) is 1. The number of hydrogen-bond donors (Lipinski definition) is 1. The summed E-state index contributed by atoms with van der Waals surface area (Å²) < 4.78 is 5.69. The van der Waals surface area contributed by atoms with Crippen LogP contribution in [-0.4, -0.2) is 16.2 Å². The molecule has 1 aromatic heterocycles. The second-order valence-corrected chi connectivity index (χ2v) is 6.80. The first-order chi connectivity index (χ1) is 9.23. The smallest absolute Gasteiger partial charge is 0.138 e. The van der Waals surface area contributed by atoms with Crippen LogP contribution >= 0.6 is 0 Å². The van der Waals surface area contributed by atoms with Crippen LogP contribution in [0.2, 0.25) is 0 Å². The van der Waals surface area contributed by atoms with Crippen LogP contribution < -0.4 is 4.74 Å². The summed E-state index contributed by atoms with van der Waals surface area (Å²) in [6.45, 7) is 12.5. The molecule has 0 aliphatic carbocycles. The molecule has 3 heteroatoms. The molecule has 3 nitrogen and oxygen atoms in total. The van der Waals surface area contributed by atoms with Crippen LogP contribution in [0, 0.1) is 11.8 Å². The highest BCUT2D eigenvalue weighted by Crippen LogP contribution is 2.35. The fourth-order valence-electron chi connectivity index (χ4n) is 2.68. The van der Waals surface area contributed by atoms with Gasteiger partial charge in [-0.15, -0.1) is 0 Å². The van der Waals surface area contributed by atoms with Crippen molar-refractivity contribution in [3.63, 3.8) is 0 Å². The zero-order valence-electron chi connectivity index (χ0n) is 13.7. The van der Waals surface area contributed by atoms with Gasteiger partial charge in [-0.2, -0.15) is 0 Å². The molecule has 0 bridgehead atoms. The van der Waals surface area contributed by atoms with Crippen molar-refractivity contribution < 1.29 is 9.84 Å². The molecular formula is C17H29NO2. The molecular weight excluding hydrogens is 250 g/mol. The van der Waals surface area contributed by atoms with E-state index in [1.165, 1.54) is 0 Å². The van der Waals surface area contributed by atoms with Gasteiger partial charge in [-0.3, -0.25) is 4.98 Å². The van der Waals surface area contributed by atoms with E-state index in [9.17, 15) is 5.11 Å². The first-order valence-corrected chi connectivity index (χ1v) is 7.57. The monoisotopic (exact) mass is 279 g/mol. The zero-order chi connectivity index (χ0) is 15.3. The molecule has 114 valence electrons. The van der Waals surface area contributed by atoms with E-state index >= 15 is 0 Å². The highest BCUT2D eigenvalue weighted by atomic mass is 16.5. The summed E-state index contributed by atoms with van der Waals surface area (Å²) in [6, 6.07) is 1.93. The van der Waals surface area contributed by atoms with Crippen molar-refractivity contribution >= 4 is 0 Å². The molecule has 0 aliphatic heterocycles. The third kappa shape index (κ3) is 5.12. The van der Waals surface area contributed by atoms with Gasteiger partial charge in [0.2, 0.25) is 0 Å². The lowest BCUT2D eigenvalue weighted by atomic mass is 9.80. The van der Waals surface area contributed by atoms with E-state index in [1.54, 1.807) is 12.4 Å². The Morgan fingerprint density at radius 2 is 1.60 bits per heavy atom. The Balaban J connectivity index is 3.06. The van der Waals surface area contributed by atoms with Crippen molar-refractivity contribution in [3.8, 4) is 5.75 Å². The minimum Gasteiger partial charge on any atom is -0.489 e. The van der Waals surface area contributed by atoms with Crippen LogP contribution in [0.4, 0.5) is 0 Å². The number of rotatable bonds is 7. The standard InChI is InChI=1S/C17H29NO2/c1-12(2)8-17(19,9-13(3)4)15-7-16(11-18-10-15)20-14(5)6/h7,10-14,19H,8-9H2,1-6H3. The Labute approximate surface area is 123 Å². The van der Waals surface area contributed by atoms with Crippen LogP contribution in [0.25, 0.3) is 0 Å². The van der Waals surface area contributed by atoms with Gasteiger partial charge in [-0.05, 0) is 44.6 Å². The molecule has 0 saturated carbocycles. The molecule has 0 radical (unpaired) electrons. The second kappa shape index (κ2) is 7.07. The van der Waals surface area contributed by atoms with Gasteiger partial charge in [0, 0.05) is 11.8 Å². The van der Waals surface area contributed by atoms with E-state index in [1.807, 2.05) is 19.9 Å². The molecule has 1 N–H and O–H groups in total. The molecule has 0 amide bonds. The van der Waals surface area contributed by atoms with Gasteiger partial charge >= 0.3 is 0 Å². The third-order valence-corrected chi connectivity index (χ3v) is 3.11. The van der Waals surface area contributed by atoms with Gasteiger partial charge in [0.1, 0.15) is 5.75 Å². The van der Waals surface area contributed by atoms with Crippen molar-refractivity contribution in [2.24, 2.45) is 11.8 Å². The minimum atomic E-state index is -0.828. The first-order valence-electron chi connectivity index (χ1n) is 7.57. The molecule has 0 aliphatic rings. The van der Waals surface area contributed by atoms with E-state index in [2.05, 4.69) is 32.7 Å². The lowest BCUT2D eigenvalue weighted by Crippen LogP contribution is -2.30. The van der Waals surface area contributed by atoms with Crippen LogP contribution in [0.5, 0.6) is 5.75 Å². The number of pyridine rings is 1. The van der Waals surface area contributed by atoms with Gasteiger partial charge in [0.15, 0.2) is 0 Å². The predicted octanol–water partition coefficient (Wildman–Crippen LogP) is 4.15. The number of nitrogens with zero attached hydrogens (tertiary/aromatic N) is 1. The minimum absolute atomic E-state index is 0.107. The fraction of sp³-hybridized carbons (Fsp3) is 0.706. The Morgan fingerprint density at radius 3 is 2.05 bits per heavy atom. The molecule has 0 fully saturated rings. The Morgan fingerprint density at radius 1 is 1.05 bits per heavy atom. The summed E-state index contributed by atoms with van der Waals surface area (Å²) >= 11 is 0. The summed E-state index contributed by atoms with van der Waals surface area (Å²) in [5.41, 5.74) is 0.0316. The highest BCUT2D eigenvalue weighted by Gasteiger charge is 2.31.